The van der Waals surface area contributed by atoms with Crippen molar-refractivity contribution in [2.45, 2.75) is 6.92 Å². The van der Waals surface area contributed by atoms with Crippen LogP contribution >= 0.6 is 0 Å². The molecule has 2 N–H and O–H groups in total. The highest BCUT2D eigenvalue weighted by Crippen LogP contribution is 2.34. The summed E-state index contributed by atoms with van der Waals surface area (Å²) in [5, 5.41) is 12.4. The monoisotopic (exact) mass is 271 g/mol. The lowest BCUT2D eigenvalue weighted by molar-refractivity contribution is 0.102. The molecule has 3 rings (SSSR count). The first-order valence-electron chi connectivity index (χ1n) is 6.14. The van der Waals surface area contributed by atoms with E-state index in [2.05, 4.69) is 5.32 Å². The maximum atomic E-state index is 12.1. The number of amides is 1. The lowest BCUT2D eigenvalue weighted by Crippen LogP contribution is -2.11. The molecule has 0 unspecified atom stereocenters. The lowest BCUT2D eigenvalue weighted by atomic mass is 10.1. The fourth-order valence-corrected chi connectivity index (χ4v) is 1.93. The molecule has 0 aliphatic carbocycles. The summed E-state index contributed by atoms with van der Waals surface area (Å²) >= 11 is 0. The molecule has 0 fully saturated rings. The van der Waals surface area contributed by atoms with Gasteiger partial charge in [-0.25, -0.2) is 0 Å². The summed E-state index contributed by atoms with van der Waals surface area (Å²) in [5.74, 6) is 1.08. The van der Waals surface area contributed by atoms with Gasteiger partial charge in [0.05, 0.1) is 0 Å². The fraction of sp³-hybridized carbons (Fsp3) is 0.133. The molecule has 2 aromatic carbocycles. The molecule has 102 valence electrons. The molecule has 1 amide bonds. The number of hydrogen-bond acceptors (Lipinski definition) is 4. The van der Waals surface area contributed by atoms with Crippen LogP contribution in [0.2, 0.25) is 0 Å². The number of nitrogens with one attached hydrogen (secondary N) is 1. The second kappa shape index (κ2) is 4.77. The van der Waals surface area contributed by atoms with E-state index in [1.54, 1.807) is 37.3 Å². The number of ether oxygens (including phenoxy) is 2. The van der Waals surface area contributed by atoms with Gasteiger partial charge in [0.1, 0.15) is 5.75 Å². The van der Waals surface area contributed by atoms with Gasteiger partial charge in [0.25, 0.3) is 5.91 Å². The molecule has 5 heteroatoms. The van der Waals surface area contributed by atoms with E-state index < -0.39 is 0 Å². The Morgan fingerprint density at radius 2 is 1.95 bits per heavy atom. The SMILES string of the molecule is Cc1ccc(C(=O)Nc2ccc3c(c2)OCO3)cc1O. The summed E-state index contributed by atoms with van der Waals surface area (Å²) in [4.78, 5) is 12.1. The van der Waals surface area contributed by atoms with Crippen molar-refractivity contribution in [3.05, 3.63) is 47.5 Å². The number of aryl methyl sites for hydroxylation is 1. The van der Waals surface area contributed by atoms with Gasteiger partial charge in [-0.15, -0.1) is 0 Å². The topological polar surface area (TPSA) is 67.8 Å². The van der Waals surface area contributed by atoms with Gasteiger partial charge < -0.3 is 19.9 Å². The third-order valence-electron chi connectivity index (χ3n) is 3.10. The van der Waals surface area contributed by atoms with E-state index in [1.165, 1.54) is 6.07 Å². The predicted molar refractivity (Wildman–Crippen MR) is 73.4 cm³/mol. The van der Waals surface area contributed by atoms with Gasteiger partial charge >= 0.3 is 0 Å². The zero-order chi connectivity index (χ0) is 14.1. The molecule has 0 radical (unpaired) electrons. The van der Waals surface area contributed by atoms with E-state index in [4.69, 9.17) is 9.47 Å². The average Bonchev–Trinajstić information content (AvgIpc) is 2.89. The summed E-state index contributed by atoms with van der Waals surface area (Å²) in [6.07, 6.45) is 0. The molecule has 0 saturated heterocycles. The van der Waals surface area contributed by atoms with Crippen LogP contribution in [0, 0.1) is 6.92 Å². The van der Waals surface area contributed by atoms with Gasteiger partial charge in [0.2, 0.25) is 6.79 Å². The molecule has 1 aliphatic rings. The number of phenols is 1. The zero-order valence-electron chi connectivity index (χ0n) is 10.8. The minimum absolute atomic E-state index is 0.100. The molecule has 0 atom stereocenters. The number of carbonyl (C=O) groups is 1. The number of rotatable bonds is 2. The Balaban J connectivity index is 1.80. The van der Waals surface area contributed by atoms with Crippen molar-refractivity contribution < 1.29 is 19.4 Å². The van der Waals surface area contributed by atoms with Crippen molar-refractivity contribution >= 4 is 11.6 Å². The summed E-state index contributed by atoms with van der Waals surface area (Å²) in [5.41, 5.74) is 1.73. The van der Waals surface area contributed by atoms with E-state index in [0.717, 1.165) is 5.56 Å². The normalized spacial score (nSPS) is 12.2. The highest BCUT2D eigenvalue weighted by molar-refractivity contribution is 6.04. The van der Waals surface area contributed by atoms with Crippen LogP contribution in [0.5, 0.6) is 17.2 Å². The van der Waals surface area contributed by atoms with Gasteiger partial charge in [-0.3, -0.25) is 4.79 Å². The fourth-order valence-electron chi connectivity index (χ4n) is 1.93. The molecular formula is C15H13NO4. The first-order chi connectivity index (χ1) is 9.63. The van der Waals surface area contributed by atoms with Crippen molar-refractivity contribution in [3.8, 4) is 17.2 Å². The summed E-state index contributed by atoms with van der Waals surface area (Å²) in [7, 11) is 0. The summed E-state index contributed by atoms with van der Waals surface area (Å²) in [6.45, 7) is 1.97. The van der Waals surface area contributed by atoms with Gasteiger partial charge in [0, 0.05) is 17.3 Å². The van der Waals surface area contributed by atoms with Crippen molar-refractivity contribution in [1.29, 1.82) is 0 Å². The smallest absolute Gasteiger partial charge is 0.255 e. The molecule has 0 spiro atoms. The number of fused-ring (bicyclic) bond motifs is 1. The second-order valence-electron chi connectivity index (χ2n) is 4.52. The number of aromatic hydroxyl groups is 1. The number of benzene rings is 2. The van der Waals surface area contributed by atoms with Gasteiger partial charge in [-0.1, -0.05) is 6.07 Å². The maximum Gasteiger partial charge on any atom is 0.255 e. The molecule has 0 saturated carbocycles. The van der Waals surface area contributed by atoms with Crippen molar-refractivity contribution in [1.82, 2.24) is 0 Å². The third kappa shape index (κ3) is 2.25. The van der Waals surface area contributed by atoms with Crippen LogP contribution < -0.4 is 14.8 Å². The second-order valence-corrected chi connectivity index (χ2v) is 4.52. The predicted octanol–water partition coefficient (Wildman–Crippen LogP) is 2.68. The van der Waals surface area contributed by atoms with E-state index in [-0.39, 0.29) is 18.4 Å². The van der Waals surface area contributed by atoms with Crippen LogP contribution in [0.4, 0.5) is 5.69 Å². The van der Waals surface area contributed by atoms with Gasteiger partial charge in [-0.05, 0) is 36.8 Å². The lowest BCUT2D eigenvalue weighted by Gasteiger charge is -2.07. The largest absolute Gasteiger partial charge is 0.508 e. The van der Waals surface area contributed by atoms with Crippen LogP contribution in [0.1, 0.15) is 15.9 Å². The molecule has 1 heterocycles. The Hall–Kier alpha value is -2.69. The summed E-state index contributed by atoms with van der Waals surface area (Å²) in [6, 6.07) is 9.98. The van der Waals surface area contributed by atoms with Gasteiger partial charge in [0.15, 0.2) is 11.5 Å². The third-order valence-corrected chi connectivity index (χ3v) is 3.10. The quantitative estimate of drug-likeness (QED) is 0.881. The molecule has 0 aromatic heterocycles. The minimum Gasteiger partial charge on any atom is -0.508 e. The molecule has 5 nitrogen and oxygen atoms in total. The van der Waals surface area contributed by atoms with Crippen LogP contribution in [0.25, 0.3) is 0 Å². The Bertz CT molecular complexity index is 682. The highest BCUT2D eigenvalue weighted by atomic mass is 16.7. The number of hydrogen-bond donors (Lipinski definition) is 2. The van der Waals surface area contributed by atoms with Crippen molar-refractivity contribution in [2.75, 3.05) is 12.1 Å². The standard InChI is InChI=1S/C15H13NO4/c1-9-2-3-10(6-12(9)17)15(18)16-11-4-5-13-14(7-11)20-8-19-13/h2-7,17H,8H2,1H3,(H,16,18). The van der Waals surface area contributed by atoms with Crippen LogP contribution in [-0.2, 0) is 0 Å². The first kappa shape index (κ1) is 12.3. The maximum absolute atomic E-state index is 12.1. The van der Waals surface area contributed by atoms with Gasteiger partial charge in [-0.2, -0.15) is 0 Å². The number of anilines is 1. The zero-order valence-corrected chi connectivity index (χ0v) is 10.8. The number of phenolic OH excluding ortho intramolecular Hbond substituents is 1. The number of carbonyl (C=O) groups excluding carboxylic acids is 1. The Morgan fingerprint density at radius 1 is 1.15 bits per heavy atom. The minimum atomic E-state index is -0.292. The van der Waals surface area contributed by atoms with E-state index in [0.29, 0.717) is 22.7 Å². The van der Waals surface area contributed by atoms with Crippen molar-refractivity contribution in [2.24, 2.45) is 0 Å². The Morgan fingerprint density at radius 3 is 2.75 bits per heavy atom. The van der Waals surface area contributed by atoms with E-state index >= 15 is 0 Å². The van der Waals surface area contributed by atoms with Crippen LogP contribution in [-0.4, -0.2) is 17.8 Å². The van der Waals surface area contributed by atoms with E-state index in [9.17, 15) is 9.90 Å². The first-order valence-corrected chi connectivity index (χ1v) is 6.14. The highest BCUT2D eigenvalue weighted by Gasteiger charge is 2.15. The van der Waals surface area contributed by atoms with Crippen molar-refractivity contribution in [3.63, 3.8) is 0 Å². The molecule has 0 bridgehead atoms. The molecule has 2 aromatic rings. The molecular weight excluding hydrogens is 258 g/mol. The summed E-state index contributed by atoms with van der Waals surface area (Å²) < 4.78 is 10.5. The Kier molecular flexibility index (Phi) is 2.95. The van der Waals surface area contributed by atoms with Crippen LogP contribution in [0.15, 0.2) is 36.4 Å². The van der Waals surface area contributed by atoms with E-state index in [1.807, 2.05) is 0 Å². The average molecular weight is 271 g/mol. The Labute approximate surface area is 115 Å². The molecule has 20 heavy (non-hydrogen) atoms. The molecule has 1 aliphatic heterocycles. The van der Waals surface area contributed by atoms with Crippen LogP contribution in [0.3, 0.4) is 0 Å².